The third-order valence-electron chi connectivity index (χ3n) is 4.07. The fourth-order valence-electron chi connectivity index (χ4n) is 2.93. The summed E-state index contributed by atoms with van der Waals surface area (Å²) < 4.78 is 15.0. The summed E-state index contributed by atoms with van der Waals surface area (Å²) in [6.45, 7) is 7.70. The van der Waals surface area contributed by atoms with E-state index in [1.54, 1.807) is 6.07 Å². The summed E-state index contributed by atoms with van der Waals surface area (Å²) in [4.78, 5) is 2.41. The van der Waals surface area contributed by atoms with E-state index in [1.165, 1.54) is 0 Å². The smallest absolute Gasteiger partial charge is 0.142 e. The SMILES string of the molecule is C=CCCCC[C@@H](c1cccc(Br)c1F)N1CCNCC1. The molecule has 0 saturated carbocycles. The lowest BCUT2D eigenvalue weighted by Crippen LogP contribution is -2.45. The molecule has 2 nitrogen and oxygen atoms in total. The first kappa shape index (κ1) is 16.7. The van der Waals surface area contributed by atoms with Gasteiger partial charge in [0.05, 0.1) is 4.47 Å². The second-order valence-electron chi connectivity index (χ2n) is 5.52. The Balaban J connectivity index is 2.13. The van der Waals surface area contributed by atoms with Gasteiger partial charge in [-0.2, -0.15) is 0 Å². The number of piperazine rings is 1. The molecule has 1 N–H and O–H groups in total. The van der Waals surface area contributed by atoms with Gasteiger partial charge in [-0.1, -0.05) is 24.6 Å². The third-order valence-corrected chi connectivity index (χ3v) is 4.68. The summed E-state index contributed by atoms with van der Waals surface area (Å²) in [6.07, 6.45) is 6.23. The van der Waals surface area contributed by atoms with Gasteiger partial charge in [0.2, 0.25) is 0 Å². The molecule has 1 aliphatic heterocycles. The van der Waals surface area contributed by atoms with Crippen LogP contribution in [0.1, 0.15) is 37.3 Å². The molecule has 116 valence electrons. The molecule has 1 aromatic rings. The van der Waals surface area contributed by atoms with Crippen LogP contribution >= 0.6 is 15.9 Å². The summed E-state index contributed by atoms with van der Waals surface area (Å²) in [5.41, 5.74) is 0.824. The quantitative estimate of drug-likeness (QED) is 0.580. The number of halogens is 2. The molecule has 4 heteroatoms. The highest BCUT2D eigenvalue weighted by Gasteiger charge is 2.24. The zero-order valence-corrected chi connectivity index (χ0v) is 14.0. The van der Waals surface area contributed by atoms with Crippen LogP contribution in [-0.2, 0) is 0 Å². The largest absolute Gasteiger partial charge is 0.314 e. The van der Waals surface area contributed by atoms with Crippen molar-refractivity contribution in [2.24, 2.45) is 0 Å². The van der Waals surface area contributed by atoms with Crippen LogP contribution in [0, 0.1) is 5.82 Å². The number of hydrogen-bond acceptors (Lipinski definition) is 2. The van der Waals surface area contributed by atoms with E-state index in [1.807, 2.05) is 18.2 Å². The van der Waals surface area contributed by atoms with E-state index in [0.29, 0.717) is 4.47 Å². The van der Waals surface area contributed by atoms with E-state index in [9.17, 15) is 4.39 Å². The van der Waals surface area contributed by atoms with Crippen molar-refractivity contribution in [3.05, 3.63) is 46.7 Å². The Morgan fingerprint density at radius 3 is 2.81 bits per heavy atom. The Morgan fingerprint density at radius 2 is 2.10 bits per heavy atom. The molecule has 0 bridgehead atoms. The van der Waals surface area contributed by atoms with Crippen LogP contribution in [0.15, 0.2) is 35.3 Å². The van der Waals surface area contributed by atoms with Gasteiger partial charge in [0, 0.05) is 37.8 Å². The monoisotopic (exact) mass is 354 g/mol. The average molecular weight is 355 g/mol. The minimum absolute atomic E-state index is 0.107. The summed E-state index contributed by atoms with van der Waals surface area (Å²) in [7, 11) is 0. The zero-order valence-electron chi connectivity index (χ0n) is 12.5. The molecule has 1 saturated heterocycles. The molecule has 0 spiro atoms. The van der Waals surface area contributed by atoms with Gasteiger partial charge in [-0.25, -0.2) is 4.39 Å². The van der Waals surface area contributed by atoms with Crippen molar-refractivity contribution in [3.8, 4) is 0 Å². The standard InChI is InChI=1S/C17H24BrFN2/c1-2-3-4-5-9-16(21-12-10-20-11-13-21)14-7-6-8-15(18)17(14)19/h2,6-8,16,20H,1,3-5,9-13H2/t16-/m0/s1. The number of nitrogens with one attached hydrogen (secondary N) is 1. The molecule has 0 aromatic heterocycles. The van der Waals surface area contributed by atoms with E-state index >= 15 is 0 Å². The lowest BCUT2D eigenvalue weighted by atomic mass is 9.97. The highest BCUT2D eigenvalue weighted by Crippen LogP contribution is 2.31. The van der Waals surface area contributed by atoms with E-state index in [2.05, 4.69) is 32.7 Å². The number of unbranched alkanes of at least 4 members (excludes halogenated alkanes) is 2. The van der Waals surface area contributed by atoms with Crippen LogP contribution in [0.25, 0.3) is 0 Å². The minimum atomic E-state index is -0.107. The highest BCUT2D eigenvalue weighted by atomic mass is 79.9. The van der Waals surface area contributed by atoms with Crippen molar-refractivity contribution in [2.75, 3.05) is 26.2 Å². The van der Waals surface area contributed by atoms with Gasteiger partial charge in [0.25, 0.3) is 0 Å². The summed E-state index contributed by atoms with van der Waals surface area (Å²) in [5.74, 6) is -0.107. The van der Waals surface area contributed by atoms with E-state index in [0.717, 1.165) is 57.4 Å². The molecular weight excluding hydrogens is 331 g/mol. The van der Waals surface area contributed by atoms with Crippen molar-refractivity contribution >= 4 is 15.9 Å². The van der Waals surface area contributed by atoms with Crippen LogP contribution in [0.2, 0.25) is 0 Å². The van der Waals surface area contributed by atoms with Crippen molar-refractivity contribution in [1.29, 1.82) is 0 Å². The predicted molar refractivity (Wildman–Crippen MR) is 89.9 cm³/mol. The normalized spacial score (nSPS) is 17.6. The molecule has 1 aromatic carbocycles. The Hall–Kier alpha value is -0.710. The fraction of sp³-hybridized carbons (Fsp3) is 0.529. The number of rotatable bonds is 7. The Morgan fingerprint density at radius 1 is 1.33 bits per heavy atom. The van der Waals surface area contributed by atoms with Gasteiger partial charge in [-0.3, -0.25) is 4.90 Å². The molecule has 1 aliphatic rings. The van der Waals surface area contributed by atoms with Crippen LogP contribution in [0.5, 0.6) is 0 Å². The summed E-state index contributed by atoms with van der Waals surface area (Å²) in [5, 5.41) is 3.37. The van der Waals surface area contributed by atoms with Gasteiger partial charge in [0.15, 0.2) is 0 Å². The van der Waals surface area contributed by atoms with Crippen molar-refractivity contribution in [3.63, 3.8) is 0 Å². The molecule has 0 aliphatic carbocycles. The maximum Gasteiger partial charge on any atom is 0.142 e. The Bertz CT molecular complexity index is 458. The molecule has 21 heavy (non-hydrogen) atoms. The van der Waals surface area contributed by atoms with Crippen LogP contribution in [0.4, 0.5) is 4.39 Å². The first-order valence-electron chi connectivity index (χ1n) is 7.73. The fourth-order valence-corrected chi connectivity index (χ4v) is 3.31. The maximum absolute atomic E-state index is 14.5. The molecular formula is C17H24BrFN2. The summed E-state index contributed by atoms with van der Waals surface area (Å²) >= 11 is 3.31. The van der Waals surface area contributed by atoms with Gasteiger partial charge < -0.3 is 5.32 Å². The Labute approximate surface area is 135 Å². The molecule has 0 amide bonds. The first-order valence-corrected chi connectivity index (χ1v) is 8.53. The van der Waals surface area contributed by atoms with E-state index in [-0.39, 0.29) is 11.9 Å². The number of nitrogens with zero attached hydrogens (tertiary/aromatic N) is 1. The van der Waals surface area contributed by atoms with Crippen LogP contribution < -0.4 is 5.32 Å². The molecule has 1 atom stereocenters. The molecule has 0 unspecified atom stereocenters. The maximum atomic E-state index is 14.5. The minimum Gasteiger partial charge on any atom is -0.314 e. The van der Waals surface area contributed by atoms with E-state index in [4.69, 9.17) is 0 Å². The van der Waals surface area contributed by atoms with Crippen LogP contribution in [0.3, 0.4) is 0 Å². The lowest BCUT2D eigenvalue weighted by Gasteiger charge is -2.35. The predicted octanol–water partition coefficient (Wildman–Crippen LogP) is 4.28. The second kappa shape index (κ2) is 8.66. The van der Waals surface area contributed by atoms with Crippen molar-refractivity contribution in [1.82, 2.24) is 10.2 Å². The molecule has 0 radical (unpaired) electrons. The van der Waals surface area contributed by atoms with Gasteiger partial charge >= 0.3 is 0 Å². The summed E-state index contributed by atoms with van der Waals surface area (Å²) in [6, 6.07) is 5.81. The van der Waals surface area contributed by atoms with Crippen molar-refractivity contribution < 1.29 is 4.39 Å². The van der Waals surface area contributed by atoms with E-state index < -0.39 is 0 Å². The second-order valence-corrected chi connectivity index (χ2v) is 6.37. The van der Waals surface area contributed by atoms with Crippen molar-refractivity contribution in [2.45, 2.75) is 31.7 Å². The van der Waals surface area contributed by atoms with Crippen LogP contribution in [-0.4, -0.2) is 31.1 Å². The average Bonchev–Trinajstić information content (AvgIpc) is 2.52. The van der Waals surface area contributed by atoms with Gasteiger partial charge in [-0.05, 0) is 41.3 Å². The topological polar surface area (TPSA) is 15.3 Å². The van der Waals surface area contributed by atoms with Gasteiger partial charge in [-0.15, -0.1) is 6.58 Å². The number of allylic oxidation sites excluding steroid dienone is 1. The number of hydrogen-bond donors (Lipinski definition) is 1. The van der Waals surface area contributed by atoms with Gasteiger partial charge in [0.1, 0.15) is 5.82 Å². The highest BCUT2D eigenvalue weighted by molar-refractivity contribution is 9.10. The number of benzene rings is 1. The molecule has 1 fully saturated rings. The first-order chi connectivity index (χ1) is 10.2. The lowest BCUT2D eigenvalue weighted by molar-refractivity contribution is 0.159. The molecule has 2 rings (SSSR count). The third kappa shape index (κ3) is 4.63. The molecule has 1 heterocycles. The Kier molecular flexibility index (Phi) is 6.87. The zero-order chi connectivity index (χ0) is 15.1.